The Morgan fingerprint density at radius 1 is 1.36 bits per heavy atom. The molecule has 0 aliphatic heterocycles. The Hall–Kier alpha value is -1.06. The summed E-state index contributed by atoms with van der Waals surface area (Å²) in [6.45, 7) is 7.11. The number of carbonyl (C=O) groups is 2. The first-order valence-electron chi connectivity index (χ1n) is 4.68. The molecule has 0 aromatic rings. The first-order valence-corrected chi connectivity index (χ1v) is 4.68. The third-order valence-corrected chi connectivity index (χ3v) is 2.32. The molecule has 82 valence electrons. The monoisotopic (exact) mass is 201 g/mol. The van der Waals surface area contributed by atoms with E-state index in [1.165, 1.54) is 4.90 Å². The quantitative estimate of drug-likeness (QED) is 0.747. The van der Waals surface area contributed by atoms with Gasteiger partial charge in [0.1, 0.15) is 0 Å². The van der Waals surface area contributed by atoms with Crippen molar-refractivity contribution in [3.8, 4) is 0 Å². The number of hydrogen-bond acceptors (Lipinski definition) is 2. The molecule has 4 nitrogen and oxygen atoms in total. The van der Waals surface area contributed by atoms with Crippen molar-refractivity contribution in [2.45, 2.75) is 39.7 Å². The maximum atomic E-state index is 11.6. The molecular weight excluding hydrogens is 182 g/mol. The van der Waals surface area contributed by atoms with Crippen LogP contribution in [0.25, 0.3) is 0 Å². The molecule has 0 aromatic carbocycles. The van der Waals surface area contributed by atoms with E-state index in [2.05, 4.69) is 0 Å². The van der Waals surface area contributed by atoms with E-state index in [1.807, 2.05) is 0 Å². The Morgan fingerprint density at radius 2 is 1.79 bits per heavy atom. The molecule has 0 aliphatic rings. The van der Waals surface area contributed by atoms with Crippen molar-refractivity contribution in [3.63, 3.8) is 0 Å². The van der Waals surface area contributed by atoms with Gasteiger partial charge in [0.15, 0.2) is 0 Å². The summed E-state index contributed by atoms with van der Waals surface area (Å²) in [5.41, 5.74) is -0.632. The predicted molar refractivity (Wildman–Crippen MR) is 53.9 cm³/mol. The molecule has 4 heteroatoms. The van der Waals surface area contributed by atoms with Crippen LogP contribution in [0.5, 0.6) is 0 Å². The van der Waals surface area contributed by atoms with Crippen LogP contribution in [0.15, 0.2) is 0 Å². The van der Waals surface area contributed by atoms with Crippen molar-refractivity contribution in [2.75, 3.05) is 7.05 Å². The van der Waals surface area contributed by atoms with Crippen LogP contribution < -0.4 is 0 Å². The minimum atomic E-state index is -0.890. The second-order valence-corrected chi connectivity index (χ2v) is 4.43. The zero-order valence-electron chi connectivity index (χ0n) is 9.50. The van der Waals surface area contributed by atoms with Crippen molar-refractivity contribution < 1.29 is 14.7 Å². The minimum absolute atomic E-state index is 0.0312. The lowest BCUT2D eigenvalue weighted by Crippen LogP contribution is -2.47. The zero-order chi connectivity index (χ0) is 11.5. The SMILES string of the molecule is CC(C)C(=O)N(C)C(C)(C)CC(=O)O. The second kappa shape index (κ2) is 4.44. The number of amides is 1. The lowest BCUT2D eigenvalue weighted by Gasteiger charge is -2.35. The average molecular weight is 201 g/mol. The van der Waals surface area contributed by atoms with Crippen LogP contribution in [0.1, 0.15) is 34.1 Å². The van der Waals surface area contributed by atoms with Gasteiger partial charge in [-0.15, -0.1) is 0 Å². The summed E-state index contributed by atoms with van der Waals surface area (Å²) in [7, 11) is 1.64. The maximum absolute atomic E-state index is 11.6. The Morgan fingerprint density at radius 3 is 2.07 bits per heavy atom. The van der Waals surface area contributed by atoms with E-state index < -0.39 is 11.5 Å². The molecule has 0 aromatic heterocycles. The fraction of sp³-hybridized carbons (Fsp3) is 0.800. The van der Waals surface area contributed by atoms with Crippen molar-refractivity contribution in [1.29, 1.82) is 0 Å². The standard InChI is InChI=1S/C10H19NO3/c1-7(2)9(14)11(5)10(3,4)6-8(12)13/h7H,6H2,1-5H3,(H,12,13). The zero-order valence-corrected chi connectivity index (χ0v) is 9.50. The first kappa shape index (κ1) is 12.9. The summed E-state index contributed by atoms with van der Waals surface area (Å²) in [6.07, 6.45) is -0.0397. The van der Waals surface area contributed by atoms with Gasteiger partial charge in [0.25, 0.3) is 0 Å². The van der Waals surface area contributed by atoms with Gasteiger partial charge < -0.3 is 10.0 Å². The van der Waals surface area contributed by atoms with Gasteiger partial charge in [0.05, 0.1) is 6.42 Å². The summed E-state index contributed by atoms with van der Waals surface area (Å²) in [6, 6.07) is 0. The smallest absolute Gasteiger partial charge is 0.305 e. The van der Waals surface area contributed by atoms with E-state index in [0.29, 0.717) is 0 Å². The van der Waals surface area contributed by atoms with Crippen LogP contribution in [0.3, 0.4) is 0 Å². The molecule has 0 heterocycles. The van der Waals surface area contributed by atoms with Crippen molar-refractivity contribution >= 4 is 11.9 Å². The van der Waals surface area contributed by atoms with E-state index in [4.69, 9.17) is 5.11 Å². The molecule has 1 N–H and O–H groups in total. The fourth-order valence-corrected chi connectivity index (χ4v) is 1.17. The van der Waals surface area contributed by atoms with E-state index in [0.717, 1.165) is 0 Å². The molecule has 1 amide bonds. The third kappa shape index (κ3) is 3.36. The molecule has 14 heavy (non-hydrogen) atoms. The highest BCUT2D eigenvalue weighted by atomic mass is 16.4. The number of aliphatic carboxylic acids is 1. The highest BCUT2D eigenvalue weighted by Crippen LogP contribution is 2.19. The molecule has 0 fully saturated rings. The van der Waals surface area contributed by atoms with Crippen LogP contribution in [-0.2, 0) is 9.59 Å². The largest absolute Gasteiger partial charge is 0.481 e. The summed E-state index contributed by atoms with van der Waals surface area (Å²) >= 11 is 0. The van der Waals surface area contributed by atoms with E-state index >= 15 is 0 Å². The normalized spacial score (nSPS) is 11.6. The molecule has 0 radical (unpaired) electrons. The van der Waals surface area contributed by atoms with Crippen LogP contribution in [0, 0.1) is 5.92 Å². The summed E-state index contributed by atoms with van der Waals surface area (Å²) in [5, 5.41) is 8.68. The maximum Gasteiger partial charge on any atom is 0.305 e. The molecule has 0 bridgehead atoms. The molecule has 0 spiro atoms. The Kier molecular flexibility index (Phi) is 4.10. The second-order valence-electron chi connectivity index (χ2n) is 4.43. The van der Waals surface area contributed by atoms with Gasteiger partial charge in [-0.3, -0.25) is 9.59 Å². The minimum Gasteiger partial charge on any atom is -0.481 e. The number of nitrogens with zero attached hydrogens (tertiary/aromatic N) is 1. The topological polar surface area (TPSA) is 57.6 Å². The first-order chi connectivity index (χ1) is 6.18. The number of carboxylic acid groups (broad SMARTS) is 1. The van der Waals surface area contributed by atoms with Crippen LogP contribution >= 0.6 is 0 Å². The number of rotatable bonds is 4. The molecule has 0 atom stereocenters. The number of carbonyl (C=O) groups excluding carboxylic acids is 1. The fourth-order valence-electron chi connectivity index (χ4n) is 1.17. The summed E-state index contributed by atoms with van der Waals surface area (Å²) < 4.78 is 0. The summed E-state index contributed by atoms with van der Waals surface area (Å²) in [4.78, 5) is 23.7. The Balaban J connectivity index is 4.57. The van der Waals surface area contributed by atoms with Gasteiger partial charge in [-0.1, -0.05) is 13.8 Å². The van der Waals surface area contributed by atoms with Crippen LogP contribution in [0.4, 0.5) is 0 Å². The van der Waals surface area contributed by atoms with Gasteiger partial charge in [0.2, 0.25) is 5.91 Å². The molecule has 0 rings (SSSR count). The van der Waals surface area contributed by atoms with Gasteiger partial charge >= 0.3 is 5.97 Å². The highest BCUT2D eigenvalue weighted by Gasteiger charge is 2.30. The van der Waals surface area contributed by atoms with E-state index in [9.17, 15) is 9.59 Å². The predicted octanol–water partition coefficient (Wildman–Crippen LogP) is 1.35. The summed E-state index contributed by atoms with van der Waals surface area (Å²) in [5.74, 6) is -1.03. The molecule has 0 saturated heterocycles. The molecule has 0 saturated carbocycles. The number of hydrogen-bond donors (Lipinski definition) is 1. The van der Waals surface area contributed by atoms with Crippen LogP contribution in [-0.4, -0.2) is 34.5 Å². The van der Waals surface area contributed by atoms with Gasteiger partial charge in [0, 0.05) is 18.5 Å². The Labute approximate surface area is 84.9 Å². The van der Waals surface area contributed by atoms with Crippen molar-refractivity contribution in [1.82, 2.24) is 4.90 Å². The van der Waals surface area contributed by atoms with E-state index in [1.54, 1.807) is 34.7 Å². The Bertz CT molecular complexity index is 234. The average Bonchev–Trinajstić information content (AvgIpc) is 1.99. The number of carboxylic acids is 1. The van der Waals surface area contributed by atoms with Crippen molar-refractivity contribution in [3.05, 3.63) is 0 Å². The molecule has 0 aliphatic carbocycles. The van der Waals surface area contributed by atoms with E-state index in [-0.39, 0.29) is 18.2 Å². The molecule has 0 unspecified atom stereocenters. The van der Waals surface area contributed by atoms with Gasteiger partial charge in [-0.2, -0.15) is 0 Å². The third-order valence-electron chi connectivity index (χ3n) is 2.32. The molecular formula is C10H19NO3. The highest BCUT2D eigenvalue weighted by molar-refractivity contribution is 5.79. The van der Waals surface area contributed by atoms with Crippen LogP contribution in [0.2, 0.25) is 0 Å². The van der Waals surface area contributed by atoms with Gasteiger partial charge in [-0.05, 0) is 13.8 Å². The van der Waals surface area contributed by atoms with Crippen molar-refractivity contribution in [2.24, 2.45) is 5.92 Å². The lowest BCUT2D eigenvalue weighted by atomic mass is 9.97. The van der Waals surface area contributed by atoms with Gasteiger partial charge in [-0.25, -0.2) is 0 Å². The lowest BCUT2D eigenvalue weighted by molar-refractivity contribution is -0.144.